The molecule has 0 saturated heterocycles. The minimum atomic E-state index is -4.25. The fraction of sp³-hybridized carbons (Fsp3) is 0.300. The van der Waals surface area contributed by atoms with E-state index >= 15 is 0 Å². The molecule has 0 atom stereocenters. The van der Waals surface area contributed by atoms with Crippen LogP contribution in [0.2, 0.25) is 0 Å². The highest BCUT2D eigenvalue weighted by Crippen LogP contribution is 2.27. The maximum Gasteiger partial charge on any atom is 0.249 e. The molecule has 0 saturated carbocycles. The van der Waals surface area contributed by atoms with Crippen LogP contribution in [0.1, 0.15) is 36.5 Å². The second kappa shape index (κ2) is 9.52. The summed E-state index contributed by atoms with van der Waals surface area (Å²) in [5.41, 5.74) is 4.06. The largest absolute Gasteiger partial charge is 0.507 e. The number of hydrogen-bond donors (Lipinski definition) is 3. The van der Waals surface area contributed by atoms with Crippen LogP contribution in [0, 0.1) is 11.3 Å². The third-order valence-electron chi connectivity index (χ3n) is 4.48. The maximum absolute atomic E-state index is 13.1. The van der Waals surface area contributed by atoms with Gasteiger partial charge >= 0.3 is 0 Å². The highest BCUT2D eigenvalue weighted by atomic mass is 32.2. The zero-order valence-electron chi connectivity index (χ0n) is 16.3. The van der Waals surface area contributed by atoms with Crippen LogP contribution in [-0.4, -0.2) is 36.8 Å². The summed E-state index contributed by atoms with van der Waals surface area (Å²) in [6, 6.07) is 13.1. The van der Waals surface area contributed by atoms with E-state index < -0.39 is 33.1 Å². The molecular formula is C20H24N4O4S. The van der Waals surface area contributed by atoms with Gasteiger partial charge in [0.2, 0.25) is 15.9 Å². The number of amides is 1. The minimum absolute atomic E-state index is 0.00694. The molecule has 2 rings (SSSR count). The molecular weight excluding hydrogens is 392 g/mol. The van der Waals surface area contributed by atoms with Crippen molar-refractivity contribution in [3.05, 3.63) is 59.2 Å². The Morgan fingerprint density at radius 2 is 1.90 bits per heavy atom. The number of sulfonamides is 1. The van der Waals surface area contributed by atoms with Crippen molar-refractivity contribution in [2.24, 2.45) is 5.84 Å². The van der Waals surface area contributed by atoms with E-state index in [1.807, 2.05) is 35.8 Å². The van der Waals surface area contributed by atoms with E-state index in [4.69, 9.17) is 11.1 Å². The first-order valence-electron chi connectivity index (χ1n) is 9.00. The summed E-state index contributed by atoms with van der Waals surface area (Å²) in [6.07, 6.45) is 0.355. The van der Waals surface area contributed by atoms with Crippen LogP contribution in [0.5, 0.6) is 5.75 Å². The number of carbonyl (C=O) groups excluding carboxylic acids is 1. The molecule has 0 fully saturated rings. The number of rotatable bonds is 8. The third kappa shape index (κ3) is 5.54. The Morgan fingerprint density at radius 3 is 2.45 bits per heavy atom. The standard InChI is InChI=1S/C20H24N4O4S/c1-14(2)17-6-3-15(4-7-17)9-10-24(13-20(26)23-22)29(27,28)19-11-16(12-21)5-8-18(19)25/h3-8,11,14,25H,9-10,13,22H2,1-2H3,(H,23,26). The summed E-state index contributed by atoms with van der Waals surface area (Å²) < 4.78 is 27.1. The van der Waals surface area contributed by atoms with Crippen molar-refractivity contribution >= 4 is 15.9 Å². The molecule has 0 aliphatic rings. The number of phenols is 1. The zero-order chi connectivity index (χ0) is 21.6. The van der Waals surface area contributed by atoms with Crippen LogP contribution in [0.25, 0.3) is 0 Å². The summed E-state index contributed by atoms with van der Waals surface area (Å²) in [4.78, 5) is 11.3. The Balaban J connectivity index is 2.32. The molecule has 9 heteroatoms. The lowest BCUT2D eigenvalue weighted by molar-refractivity contribution is -0.121. The molecule has 2 aromatic carbocycles. The van der Waals surface area contributed by atoms with Crippen LogP contribution < -0.4 is 11.3 Å². The van der Waals surface area contributed by atoms with Gasteiger partial charge in [-0.25, -0.2) is 14.3 Å². The molecule has 29 heavy (non-hydrogen) atoms. The number of phenolic OH excluding ortho intramolecular Hbond substituents is 1. The molecule has 8 nitrogen and oxygen atoms in total. The number of aromatic hydroxyl groups is 1. The van der Waals surface area contributed by atoms with Crippen molar-refractivity contribution in [1.82, 2.24) is 9.73 Å². The summed E-state index contributed by atoms with van der Waals surface area (Å²) in [7, 11) is -4.25. The Bertz CT molecular complexity index is 1010. The number of nitrogens with two attached hydrogens (primary N) is 1. The second-order valence-electron chi connectivity index (χ2n) is 6.85. The van der Waals surface area contributed by atoms with Crippen LogP contribution >= 0.6 is 0 Å². The van der Waals surface area contributed by atoms with E-state index in [0.29, 0.717) is 12.3 Å². The lowest BCUT2D eigenvalue weighted by Crippen LogP contribution is -2.43. The number of carbonyl (C=O) groups is 1. The van der Waals surface area contributed by atoms with E-state index in [-0.39, 0.29) is 12.1 Å². The molecule has 4 N–H and O–H groups in total. The van der Waals surface area contributed by atoms with Crippen molar-refractivity contribution in [2.45, 2.75) is 31.1 Å². The van der Waals surface area contributed by atoms with E-state index in [0.717, 1.165) is 22.0 Å². The van der Waals surface area contributed by atoms with Crippen LogP contribution in [0.15, 0.2) is 47.4 Å². The number of hydrazine groups is 1. The Kier molecular flexibility index (Phi) is 7.34. The van der Waals surface area contributed by atoms with Gasteiger partial charge in [-0.1, -0.05) is 38.1 Å². The zero-order valence-corrected chi connectivity index (χ0v) is 17.1. The number of hydrogen-bond acceptors (Lipinski definition) is 6. The van der Waals surface area contributed by atoms with Crippen molar-refractivity contribution in [1.29, 1.82) is 5.26 Å². The molecule has 0 aliphatic carbocycles. The summed E-state index contributed by atoms with van der Waals surface area (Å²) >= 11 is 0. The average Bonchev–Trinajstić information content (AvgIpc) is 2.71. The predicted molar refractivity (Wildman–Crippen MR) is 108 cm³/mol. The van der Waals surface area contributed by atoms with Crippen molar-refractivity contribution in [3.63, 3.8) is 0 Å². The van der Waals surface area contributed by atoms with Gasteiger partial charge in [-0.2, -0.15) is 9.57 Å². The molecule has 0 unspecified atom stereocenters. The third-order valence-corrected chi connectivity index (χ3v) is 6.36. The topological polar surface area (TPSA) is 137 Å². The van der Waals surface area contributed by atoms with Crippen molar-refractivity contribution in [2.75, 3.05) is 13.1 Å². The van der Waals surface area contributed by atoms with Crippen LogP contribution in [-0.2, 0) is 21.2 Å². The second-order valence-corrected chi connectivity index (χ2v) is 8.75. The molecule has 0 aliphatic heterocycles. The SMILES string of the molecule is CC(C)c1ccc(CCN(CC(=O)NN)S(=O)(=O)c2cc(C#N)ccc2O)cc1. The highest BCUT2D eigenvalue weighted by Gasteiger charge is 2.29. The fourth-order valence-corrected chi connectivity index (χ4v) is 4.25. The van der Waals surface area contributed by atoms with Gasteiger partial charge in [-0.3, -0.25) is 10.2 Å². The van der Waals surface area contributed by atoms with Gasteiger partial charge in [0, 0.05) is 6.54 Å². The van der Waals surface area contributed by atoms with E-state index in [1.165, 1.54) is 11.6 Å². The molecule has 0 heterocycles. The van der Waals surface area contributed by atoms with E-state index in [1.54, 1.807) is 0 Å². The lowest BCUT2D eigenvalue weighted by atomic mass is 10.0. The van der Waals surface area contributed by atoms with Crippen molar-refractivity contribution in [3.8, 4) is 11.8 Å². The van der Waals surface area contributed by atoms with Gasteiger partial charge in [-0.05, 0) is 41.7 Å². The summed E-state index contributed by atoms with van der Waals surface area (Å²) in [5, 5.41) is 19.1. The van der Waals surface area contributed by atoms with Gasteiger partial charge in [0.25, 0.3) is 0 Å². The monoisotopic (exact) mass is 416 g/mol. The van der Waals surface area contributed by atoms with Gasteiger partial charge in [-0.15, -0.1) is 0 Å². The highest BCUT2D eigenvalue weighted by molar-refractivity contribution is 7.89. The number of benzene rings is 2. The quantitative estimate of drug-likeness (QED) is 0.340. The smallest absolute Gasteiger partial charge is 0.249 e. The number of nitriles is 1. The average molecular weight is 417 g/mol. The Labute approximate surface area is 170 Å². The molecule has 1 amide bonds. The van der Waals surface area contributed by atoms with Crippen molar-refractivity contribution < 1.29 is 18.3 Å². The Morgan fingerprint density at radius 1 is 1.24 bits per heavy atom. The minimum Gasteiger partial charge on any atom is -0.507 e. The van der Waals surface area contributed by atoms with Gasteiger partial charge < -0.3 is 5.11 Å². The van der Waals surface area contributed by atoms with Gasteiger partial charge in [0.15, 0.2) is 0 Å². The molecule has 154 valence electrons. The van der Waals surface area contributed by atoms with E-state index in [2.05, 4.69) is 13.8 Å². The normalized spacial score (nSPS) is 11.4. The molecule has 0 aromatic heterocycles. The van der Waals surface area contributed by atoms with E-state index in [9.17, 15) is 18.3 Å². The maximum atomic E-state index is 13.1. The van der Waals surface area contributed by atoms with Gasteiger partial charge in [0.05, 0.1) is 18.2 Å². The molecule has 0 spiro atoms. The molecule has 0 bridgehead atoms. The first-order valence-corrected chi connectivity index (χ1v) is 10.4. The lowest BCUT2D eigenvalue weighted by Gasteiger charge is -2.22. The number of nitrogens with zero attached hydrogens (tertiary/aromatic N) is 2. The predicted octanol–water partition coefficient (Wildman–Crippen LogP) is 1.61. The summed E-state index contributed by atoms with van der Waals surface area (Å²) in [5.74, 6) is 4.30. The molecule has 0 radical (unpaired) electrons. The Hall–Kier alpha value is -2.93. The molecule has 2 aromatic rings. The first-order chi connectivity index (χ1) is 13.7. The summed E-state index contributed by atoms with van der Waals surface area (Å²) in [6.45, 7) is 3.64. The first kappa shape index (κ1) is 22.4. The van der Waals surface area contributed by atoms with Gasteiger partial charge in [0.1, 0.15) is 10.6 Å². The number of nitrogens with one attached hydrogen (secondary N) is 1. The fourth-order valence-electron chi connectivity index (χ4n) is 2.74. The van der Waals surface area contributed by atoms with Crippen LogP contribution in [0.4, 0.5) is 0 Å². The van der Waals surface area contributed by atoms with Crippen LogP contribution in [0.3, 0.4) is 0 Å².